The van der Waals surface area contributed by atoms with Crippen molar-refractivity contribution in [2.24, 2.45) is 0 Å². The van der Waals surface area contributed by atoms with Gasteiger partial charge in [-0.3, -0.25) is 14.4 Å². The number of carbonyl (C=O) groups excluding carboxylic acids is 3. The van der Waals surface area contributed by atoms with Gasteiger partial charge in [-0.05, 0) is 109 Å². The summed E-state index contributed by atoms with van der Waals surface area (Å²) in [6, 6.07) is 0. The SMILES string of the molecule is CC/C=C\C/C=C\C/C=C\C/C=C\C/C=C\C/C=C\CCCCCCCCC(=O)OCC(COC(=O)CCCCCCCCCCCCCCC)OC(=O)CCCCCCCC/C=C\C/C=C\C/C=C\CCCCCCC. The fourth-order valence-electron chi connectivity index (χ4n) is 8.92. The van der Waals surface area contributed by atoms with Crippen molar-refractivity contribution in [3.8, 4) is 0 Å². The Balaban J connectivity index is 4.40. The molecule has 6 heteroatoms. The molecule has 1 unspecified atom stereocenters. The molecular weight excluding hydrogens is 949 g/mol. The lowest BCUT2D eigenvalue weighted by atomic mass is 10.0. The second-order valence-electron chi connectivity index (χ2n) is 21.3. The molecule has 77 heavy (non-hydrogen) atoms. The summed E-state index contributed by atoms with van der Waals surface area (Å²) in [5.41, 5.74) is 0. The molecule has 0 aromatic carbocycles. The Morgan fingerprint density at radius 1 is 0.273 bits per heavy atom. The van der Waals surface area contributed by atoms with Gasteiger partial charge in [-0.25, -0.2) is 0 Å². The number of unbranched alkanes of at least 4 members (excludes halogenated alkanes) is 29. The number of allylic oxidation sites excluding steroid dienone is 18. The monoisotopic (exact) mass is 1070 g/mol. The van der Waals surface area contributed by atoms with E-state index in [1.165, 1.54) is 128 Å². The third kappa shape index (κ3) is 62.8. The van der Waals surface area contributed by atoms with Crippen molar-refractivity contribution in [1.29, 1.82) is 0 Å². The molecule has 0 aliphatic rings. The highest BCUT2D eigenvalue weighted by molar-refractivity contribution is 5.71. The smallest absolute Gasteiger partial charge is 0.306 e. The Labute approximate surface area is 476 Å². The van der Waals surface area contributed by atoms with Crippen molar-refractivity contribution in [3.05, 3.63) is 109 Å². The molecule has 0 saturated carbocycles. The molecule has 0 fully saturated rings. The fraction of sp³-hybridized carbons (Fsp3) is 0.704. The number of hydrogen-bond acceptors (Lipinski definition) is 6. The summed E-state index contributed by atoms with van der Waals surface area (Å²) in [4.78, 5) is 38.3. The first kappa shape index (κ1) is 73.1. The van der Waals surface area contributed by atoms with E-state index in [1.807, 2.05) is 0 Å². The van der Waals surface area contributed by atoms with Crippen molar-refractivity contribution < 1.29 is 28.6 Å². The maximum absolute atomic E-state index is 12.9. The van der Waals surface area contributed by atoms with E-state index in [-0.39, 0.29) is 31.1 Å². The molecule has 6 nitrogen and oxygen atoms in total. The zero-order valence-corrected chi connectivity index (χ0v) is 50.4. The Morgan fingerprint density at radius 3 is 0.792 bits per heavy atom. The second kappa shape index (κ2) is 64.6. The Bertz CT molecular complexity index is 1560. The van der Waals surface area contributed by atoms with Gasteiger partial charge in [0.15, 0.2) is 6.10 Å². The van der Waals surface area contributed by atoms with E-state index in [0.29, 0.717) is 19.3 Å². The molecule has 0 aromatic rings. The van der Waals surface area contributed by atoms with E-state index in [9.17, 15) is 14.4 Å². The molecule has 0 aromatic heterocycles. The molecule has 0 radical (unpaired) electrons. The second-order valence-corrected chi connectivity index (χ2v) is 21.3. The number of esters is 3. The van der Waals surface area contributed by atoms with Crippen molar-refractivity contribution in [1.82, 2.24) is 0 Å². The fourth-order valence-corrected chi connectivity index (χ4v) is 8.92. The van der Waals surface area contributed by atoms with E-state index in [4.69, 9.17) is 14.2 Å². The van der Waals surface area contributed by atoms with Gasteiger partial charge in [-0.1, -0.05) is 284 Å². The first-order valence-corrected chi connectivity index (χ1v) is 32.4. The highest BCUT2D eigenvalue weighted by Gasteiger charge is 2.19. The Morgan fingerprint density at radius 2 is 0.506 bits per heavy atom. The quantitative estimate of drug-likeness (QED) is 0.0261. The van der Waals surface area contributed by atoms with Crippen LogP contribution in [0.2, 0.25) is 0 Å². The molecular formula is C71H120O6. The third-order valence-corrected chi connectivity index (χ3v) is 13.8. The predicted octanol–water partition coefficient (Wildman–Crippen LogP) is 22.2. The van der Waals surface area contributed by atoms with Gasteiger partial charge in [0.05, 0.1) is 0 Å². The standard InChI is InChI=1S/C71H120O6/c1-4-7-10-13-16-19-22-25-27-29-31-33-34-35-36-38-39-41-43-46-49-52-55-58-61-64-70(73)76-67-68(66-75-69(72)63-60-57-54-51-48-45-24-21-18-15-12-9-6-3)77-71(74)65-62-59-56-53-50-47-44-42-40-37-32-30-28-26-23-20-17-14-11-8-5-2/h7,10,16,19,23,25-27,30-33,35-36,39-42,68H,4-6,8-9,11-15,17-18,20-22,24,28-29,34,37-38,43-67H2,1-3H3/b10-7-,19-16-,26-23-,27-25-,32-30-,33-31-,36-35-,41-39-,42-40-. The van der Waals surface area contributed by atoms with E-state index in [1.54, 1.807) is 0 Å². The van der Waals surface area contributed by atoms with E-state index in [0.717, 1.165) is 135 Å². The average Bonchev–Trinajstić information content (AvgIpc) is 3.43. The highest BCUT2D eigenvalue weighted by atomic mass is 16.6. The van der Waals surface area contributed by atoms with Crippen LogP contribution < -0.4 is 0 Å². The summed E-state index contributed by atoms with van der Waals surface area (Å²) < 4.78 is 16.9. The van der Waals surface area contributed by atoms with Crippen LogP contribution in [0.25, 0.3) is 0 Å². The van der Waals surface area contributed by atoms with Crippen LogP contribution in [0.3, 0.4) is 0 Å². The molecule has 0 heterocycles. The molecule has 1 atom stereocenters. The summed E-state index contributed by atoms with van der Waals surface area (Å²) in [6.07, 6.45) is 88.0. The van der Waals surface area contributed by atoms with Gasteiger partial charge in [0, 0.05) is 19.3 Å². The molecule has 0 bridgehead atoms. The molecule has 0 spiro atoms. The summed E-state index contributed by atoms with van der Waals surface area (Å²) in [6.45, 7) is 6.51. The minimum absolute atomic E-state index is 0.0870. The summed E-state index contributed by atoms with van der Waals surface area (Å²) in [7, 11) is 0. The molecule has 0 aliphatic heterocycles. The topological polar surface area (TPSA) is 78.9 Å². The number of carbonyl (C=O) groups is 3. The first-order valence-electron chi connectivity index (χ1n) is 32.4. The van der Waals surface area contributed by atoms with Gasteiger partial charge in [-0.2, -0.15) is 0 Å². The summed E-state index contributed by atoms with van der Waals surface area (Å²) in [5.74, 6) is -0.907. The van der Waals surface area contributed by atoms with Gasteiger partial charge in [-0.15, -0.1) is 0 Å². The summed E-state index contributed by atoms with van der Waals surface area (Å²) >= 11 is 0. The maximum atomic E-state index is 12.9. The van der Waals surface area contributed by atoms with Crippen molar-refractivity contribution >= 4 is 17.9 Å². The molecule has 440 valence electrons. The third-order valence-electron chi connectivity index (χ3n) is 13.8. The van der Waals surface area contributed by atoms with Crippen molar-refractivity contribution in [2.45, 2.75) is 309 Å². The van der Waals surface area contributed by atoms with Crippen molar-refractivity contribution in [2.75, 3.05) is 13.2 Å². The van der Waals surface area contributed by atoms with Gasteiger partial charge >= 0.3 is 17.9 Å². The van der Waals surface area contributed by atoms with Gasteiger partial charge in [0.2, 0.25) is 0 Å². The summed E-state index contributed by atoms with van der Waals surface area (Å²) in [5, 5.41) is 0. The number of hydrogen-bond donors (Lipinski definition) is 0. The van der Waals surface area contributed by atoms with Crippen LogP contribution in [0.15, 0.2) is 109 Å². The predicted molar refractivity (Wildman–Crippen MR) is 334 cm³/mol. The van der Waals surface area contributed by atoms with Crippen LogP contribution >= 0.6 is 0 Å². The van der Waals surface area contributed by atoms with Crippen LogP contribution in [0.4, 0.5) is 0 Å². The van der Waals surface area contributed by atoms with Gasteiger partial charge in [0.25, 0.3) is 0 Å². The van der Waals surface area contributed by atoms with Gasteiger partial charge < -0.3 is 14.2 Å². The molecule has 0 aliphatic carbocycles. The lowest BCUT2D eigenvalue weighted by Crippen LogP contribution is -2.30. The lowest BCUT2D eigenvalue weighted by molar-refractivity contribution is -0.167. The normalized spacial score (nSPS) is 12.8. The Hall–Kier alpha value is -3.93. The van der Waals surface area contributed by atoms with Crippen LogP contribution in [-0.4, -0.2) is 37.2 Å². The minimum Gasteiger partial charge on any atom is -0.462 e. The average molecular weight is 1070 g/mol. The molecule has 0 saturated heterocycles. The molecule has 0 N–H and O–H groups in total. The largest absolute Gasteiger partial charge is 0.462 e. The van der Waals surface area contributed by atoms with Crippen molar-refractivity contribution in [3.63, 3.8) is 0 Å². The zero-order chi connectivity index (χ0) is 55.7. The number of ether oxygens (including phenoxy) is 3. The van der Waals surface area contributed by atoms with Crippen LogP contribution in [0.5, 0.6) is 0 Å². The minimum atomic E-state index is -0.793. The molecule has 0 amide bonds. The van der Waals surface area contributed by atoms with E-state index >= 15 is 0 Å². The van der Waals surface area contributed by atoms with Crippen LogP contribution in [-0.2, 0) is 28.6 Å². The lowest BCUT2D eigenvalue weighted by Gasteiger charge is -2.18. The zero-order valence-electron chi connectivity index (χ0n) is 50.4. The van der Waals surface area contributed by atoms with Crippen LogP contribution in [0, 0.1) is 0 Å². The van der Waals surface area contributed by atoms with Crippen LogP contribution in [0.1, 0.15) is 303 Å². The first-order chi connectivity index (χ1) is 38.0. The number of rotatable bonds is 58. The maximum Gasteiger partial charge on any atom is 0.306 e. The van der Waals surface area contributed by atoms with E-state index < -0.39 is 6.10 Å². The van der Waals surface area contributed by atoms with Gasteiger partial charge in [0.1, 0.15) is 13.2 Å². The Kier molecular flexibility index (Phi) is 61.3. The highest BCUT2D eigenvalue weighted by Crippen LogP contribution is 2.16. The molecule has 0 rings (SSSR count). The van der Waals surface area contributed by atoms with E-state index in [2.05, 4.69) is 130 Å².